The van der Waals surface area contributed by atoms with Crippen molar-refractivity contribution in [3.63, 3.8) is 0 Å². The summed E-state index contributed by atoms with van der Waals surface area (Å²) in [6.07, 6.45) is 2.31. The van der Waals surface area contributed by atoms with Gasteiger partial charge in [0.15, 0.2) is 0 Å². The minimum atomic E-state index is 0.0908. The maximum Gasteiger partial charge on any atom is 0.253 e. The molecule has 2 aromatic carbocycles. The highest BCUT2D eigenvalue weighted by atomic mass is 16.2. The third kappa shape index (κ3) is 4.72. The quantitative estimate of drug-likeness (QED) is 0.896. The molecule has 1 N–H and O–H groups in total. The van der Waals surface area contributed by atoms with Gasteiger partial charge in [-0.1, -0.05) is 42.5 Å². The van der Waals surface area contributed by atoms with Gasteiger partial charge in [0.1, 0.15) is 0 Å². The molecule has 0 unspecified atom stereocenters. The smallest absolute Gasteiger partial charge is 0.253 e. The predicted octanol–water partition coefficient (Wildman–Crippen LogP) is 3.55. The highest BCUT2D eigenvalue weighted by Crippen LogP contribution is 2.22. The van der Waals surface area contributed by atoms with Gasteiger partial charge in [0.25, 0.3) is 5.91 Å². The fraction of sp³-hybridized carbons (Fsp3) is 0.364. The molecular formula is C22H26N2O2. The molecule has 2 aromatic rings. The summed E-state index contributed by atoms with van der Waals surface area (Å²) in [6.45, 7) is 4.09. The van der Waals surface area contributed by atoms with Crippen LogP contribution in [0.4, 0.5) is 0 Å². The van der Waals surface area contributed by atoms with E-state index in [4.69, 9.17) is 0 Å². The lowest BCUT2D eigenvalue weighted by Gasteiger charge is -2.31. The van der Waals surface area contributed by atoms with Crippen molar-refractivity contribution in [3.8, 4) is 0 Å². The summed E-state index contributed by atoms with van der Waals surface area (Å²) in [5, 5.41) is 3.03. The molecule has 4 nitrogen and oxygen atoms in total. The Hall–Kier alpha value is -2.62. The second-order valence-corrected chi connectivity index (χ2v) is 7.01. The number of benzene rings is 2. The average Bonchev–Trinajstić information content (AvgIpc) is 2.68. The van der Waals surface area contributed by atoms with Crippen LogP contribution >= 0.6 is 0 Å². The van der Waals surface area contributed by atoms with Gasteiger partial charge in [0, 0.05) is 31.6 Å². The molecule has 2 amide bonds. The van der Waals surface area contributed by atoms with Crippen LogP contribution in [-0.4, -0.2) is 29.8 Å². The zero-order valence-electron chi connectivity index (χ0n) is 15.3. The van der Waals surface area contributed by atoms with Crippen molar-refractivity contribution in [1.82, 2.24) is 10.2 Å². The minimum Gasteiger partial charge on any atom is -0.352 e. The predicted molar refractivity (Wildman–Crippen MR) is 103 cm³/mol. The van der Waals surface area contributed by atoms with Crippen molar-refractivity contribution in [3.05, 3.63) is 71.3 Å². The second-order valence-electron chi connectivity index (χ2n) is 7.01. The van der Waals surface area contributed by atoms with Crippen LogP contribution in [0.2, 0.25) is 0 Å². The molecule has 1 heterocycles. The van der Waals surface area contributed by atoms with E-state index in [1.165, 1.54) is 5.56 Å². The summed E-state index contributed by atoms with van der Waals surface area (Å²) >= 11 is 0. The summed E-state index contributed by atoms with van der Waals surface area (Å²) in [5.74, 6) is 0.542. The van der Waals surface area contributed by atoms with Gasteiger partial charge in [-0.25, -0.2) is 0 Å². The first-order chi connectivity index (χ1) is 12.6. The Morgan fingerprint density at radius 2 is 1.65 bits per heavy atom. The van der Waals surface area contributed by atoms with Crippen LogP contribution in [0, 0.1) is 12.8 Å². The van der Waals surface area contributed by atoms with E-state index in [0.29, 0.717) is 18.9 Å². The molecule has 0 aromatic heterocycles. The third-order valence-corrected chi connectivity index (χ3v) is 5.13. The molecule has 0 radical (unpaired) electrons. The number of piperidine rings is 1. The standard InChI is InChI=1S/C22H26N2O2/c1-17-7-5-6-10-20(17)16-23-21(25)15-18-11-13-24(14-12-18)22(26)19-8-3-2-4-9-19/h2-10,18H,11-16H2,1H3,(H,23,25). The largest absolute Gasteiger partial charge is 0.352 e. The Bertz CT molecular complexity index is 750. The lowest BCUT2D eigenvalue weighted by atomic mass is 9.92. The highest BCUT2D eigenvalue weighted by Gasteiger charge is 2.24. The molecule has 0 atom stereocenters. The molecule has 0 bridgehead atoms. The van der Waals surface area contributed by atoms with Gasteiger partial charge >= 0.3 is 0 Å². The maximum absolute atomic E-state index is 12.5. The Morgan fingerprint density at radius 3 is 2.35 bits per heavy atom. The zero-order valence-corrected chi connectivity index (χ0v) is 15.3. The van der Waals surface area contributed by atoms with E-state index in [9.17, 15) is 9.59 Å². The van der Waals surface area contributed by atoms with E-state index in [2.05, 4.69) is 18.3 Å². The number of likely N-dealkylation sites (tertiary alicyclic amines) is 1. The molecule has 26 heavy (non-hydrogen) atoms. The van der Waals surface area contributed by atoms with Crippen molar-refractivity contribution < 1.29 is 9.59 Å². The van der Waals surface area contributed by atoms with Gasteiger partial charge in [0.05, 0.1) is 0 Å². The Morgan fingerprint density at radius 1 is 1.00 bits per heavy atom. The molecule has 1 saturated heterocycles. The first-order valence-corrected chi connectivity index (χ1v) is 9.29. The first kappa shape index (κ1) is 18.2. The van der Waals surface area contributed by atoms with Gasteiger partial charge in [-0.05, 0) is 48.9 Å². The van der Waals surface area contributed by atoms with Crippen LogP contribution in [0.5, 0.6) is 0 Å². The fourth-order valence-electron chi connectivity index (χ4n) is 3.44. The molecule has 1 aliphatic heterocycles. The van der Waals surface area contributed by atoms with Crippen LogP contribution < -0.4 is 5.32 Å². The van der Waals surface area contributed by atoms with E-state index >= 15 is 0 Å². The van der Waals surface area contributed by atoms with Crippen molar-refractivity contribution in [2.24, 2.45) is 5.92 Å². The van der Waals surface area contributed by atoms with Gasteiger partial charge in [0.2, 0.25) is 5.91 Å². The first-order valence-electron chi connectivity index (χ1n) is 9.29. The average molecular weight is 350 g/mol. The molecule has 1 fully saturated rings. The molecule has 136 valence electrons. The van der Waals surface area contributed by atoms with Crippen molar-refractivity contribution >= 4 is 11.8 Å². The molecule has 0 spiro atoms. The molecular weight excluding hydrogens is 324 g/mol. The summed E-state index contributed by atoms with van der Waals surface area (Å²) in [7, 11) is 0. The molecule has 3 rings (SSSR count). The lowest BCUT2D eigenvalue weighted by molar-refractivity contribution is -0.122. The summed E-state index contributed by atoms with van der Waals surface area (Å²) < 4.78 is 0. The third-order valence-electron chi connectivity index (χ3n) is 5.13. The van der Waals surface area contributed by atoms with Crippen LogP contribution in [-0.2, 0) is 11.3 Å². The Balaban J connectivity index is 1.43. The van der Waals surface area contributed by atoms with Crippen molar-refractivity contribution in [1.29, 1.82) is 0 Å². The van der Waals surface area contributed by atoms with E-state index < -0.39 is 0 Å². The van der Waals surface area contributed by atoms with Crippen LogP contribution in [0.1, 0.15) is 40.7 Å². The van der Waals surface area contributed by atoms with Crippen LogP contribution in [0.15, 0.2) is 54.6 Å². The second kappa shape index (κ2) is 8.65. The van der Waals surface area contributed by atoms with Gasteiger partial charge < -0.3 is 10.2 Å². The lowest BCUT2D eigenvalue weighted by Crippen LogP contribution is -2.39. The SMILES string of the molecule is Cc1ccccc1CNC(=O)CC1CCN(C(=O)c2ccccc2)CC1. The van der Waals surface area contributed by atoms with E-state index in [1.807, 2.05) is 53.4 Å². The van der Waals surface area contributed by atoms with E-state index in [1.54, 1.807) is 0 Å². The highest BCUT2D eigenvalue weighted by molar-refractivity contribution is 5.94. The van der Waals surface area contributed by atoms with Crippen molar-refractivity contribution in [2.45, 2.75) is 32.7 Å². The number of amides is 2. The number of aryl methyl sites for hydroxylation is 1. The zero-order chi connectivity index (χ0) is 18.4. The van der Waals surface area contributed by atoms with Gasteiger partial charge in [-0.15, -0.1) is 0 Å². The summed E-state index contributed by atoms with van der Waals surface area (Å²) in [4.78, 5) is 26.6. The fourth-order valence-corrected chi connectivity index (χ4v) is 3.44. The normalized spacial score (nSPS) is 14.9. The number of nitrogens with zero attached hydrogens (tertiary/aromatic N) is 1. The summed E-state index contributed by atoms with van der Waals surface area (Å²) in [6, 6.07) is 17.5. The topological polar surface area (TPSA) is 49.4 Å². The molecule has 0 aliphatic carbocycles. The number of nitrogens with one attached hydrogen (secondary N) is 1. The number of hydrogen-bond acceptors (Lipinski definition) is 2. The number of carbonyl (C=O) groups excluding carboxylic acids is 2. The maximum atomic E-state index is 12.5. The molecule has 1 aliphatic rings. The number of hydrogen-bond donors (Lipinski definition) is 1. The van der Waals surface area contributed by atoms with E-state index in [0.717, 1.165) is 37.1 Å². The van der Waals surface area contributed by atoms with E-state index in [-0.39, 0.29) is 11.8 Å². The number of rotatable bonds is 5. The van der Waals surface area contributed by atoms with Gasteiger partial charge in [-0.2, -0.15) is 0 Å². The molecule has 4 heteroatoms. The number of carbonyl (C=O) groups is 2. The minimum absolute atomic E-state index is 0.0908. The molecule has 0 saturated carbocycles. The Kier molecular flexibility index (Phi) is 6.05. The van der Waals surface area contributed by atoms with Crippen LogP contribution in [0.25, 0.3) is 0 Å². The van der Waals surface area contributed by atoms with Crippen molar-refractivity contribution in [2.75, 3.05) is 13.1 Å². The monoisotopic (exact) mass is 350 g/mol. The van der Waals surface area contributed by atoms with Gasteiger partial charge in [-0.3, -0.25) is 9.59 Å². The van der Waals surface area contributed by atoms with Crippen LogP contribution in [0.3, 0.4) is 0 Å². The Labute approximate surface area is 155 Å². The summed E-state index contributed by atoms with van der Waals surface area (Å²) in [5.41, 5.74) is 3.09.